The number of aliphatic hydroxyl groups excluding tert-OH is 1. The van der Waals surface area contributed by atoms with Gasteiger partial charge in [0, 0.05) is 24.6 Å². The van der Waals surface area contributed by atoms with Crippen molar-refractivity contribution in [2.45, 2.75) is 35.4 Å². The highest BCUT2D eigenvalue weighted by molar-refractivity contribution is 7.93. The number of sulfonamides is 1. The zero-order valence-electron chi connectivity index (χ0n) is 25.8. The fourth-order valence-electron chi connectivity index (χ4n) is 6.84. The Balaban J connectivity index is 1.93. The molecule has 0 spiro atoms. The van der Waals surface area contributed by atoms with Crippen LogP contribution < -0.4 is 23.8 Å². The number of hydrogen-bond donors (Lipinski definition) is 2. The average molecular weight is 710 g/mol. The number of rotatable bonds is 8. The maximum absolute atomic E-state index is 15.4. The van der Waals surface area contributed by atoms with Gasteiger partial charge in [-0.25, -0.2) is 8.42 Å². The quantitative estimate of drug-likeness (QED) is 0.335. The molecule has 1 fully saturated rings. The fraction of sp³-hybridized carbons (Fsp3) is 0.323. The molecule has 3 aromatic carbocycles. The standard InChI is InChI=1S/C31H28ClF3N4O8S/c1-37-28(41)24-13-19(40)16-39(24,2)30(22-11-17(15-36)5-9-25(22)46-4)21-12-18(32)6-8-23(21)38(29(30)42)48(43,44)27-10-7-20(45-3)14-26(27)47-31(33,34)35/h5-12,14,19,24,40H,13,16H2,1-4H3/p+1/t19-,24+,30?,39?/m1/s1. The number of fused-ring (bicyclic) bond motifs is 1. The number of alkyl halides is 3. The van der Waals surface area contributed by atoms with E-state index in [0.717, 1.165) is 19.2 Å². The van der Waals surface area contributed by atoms with E-state index in [1.165, 1.54) is 57.6 Å². The van der Waals surface area contributed by atoms with Crippen LogP contribution in [-0.2, 0) is 25.2 Å². The summed E-state index contributed by atoms with van der Waals surface area (Å²) in [5.74, 6) is -3.18. The molecule has 5 rings (SSSR count). The van der Waals surface area contributed by atoms with Gasteiger partial charge < -0.3 is 24.6 Å². The molecule has 0 aliphatic carbocycles. The van der Waals surface area contributed by atoms with E-state index >= 15 is 4.79 Å². The van der Waals surface area contributed by atoms with Crippen molar-refractivity contribution in [2.24, 2.45) is 0 Å². The molecule has 17 heteroatoms. The molecule has 3 aromatic rings. The van der Waals surface area contributed by atoms with Crippen molar-refractivity contribution in [3.05, 3.63) is 76.3 Å². The summed E-state index contributed by atoms with van der Waals surface area (Å²) in [7, 11) is -0.0365. The third-order valence-corrected chi connectivity index (χ3v) is 10.7. The predicted octanol–water partition coefficient (Wildman–Crippen LogP) is 3.43. The van der Waals surface area contributed by atoms with E-state index in [0.29, 0.717) is 10.4 Å². The molecule has 2 aliphatic rings. The molecule has 2 aliphatic heterocycles. The van der Waals surface area contributed by atoms with Crippen molar-refractivity contribution in [3.63, 3.8) is 0 Å². The highest BCUT2D eigenvalue weighted by atomic mass is 35.5. The van der Waals surface area contributed by atoms with Crippen molar-refractivity contribution in [1.29, 1.82) is 5.26 Å². The summed E-state index contributed by atoms with van der Waals surface area (Å²) in [6.45, 7) is -0.283. The number of methoxy groups -OCH3 is 2. The molecular formula is C31H29ClF3N4O8S+. The summed E-state index contributed by atoms with van der Waals surface area (Å²) in [6, 6.07) is 11.3. The number of nitrogens with one attached hydrogen (secondary N) is 1. The van der Waals surface area contributed by atoms with Gasteiger partial charge in [0.05, 0.1) is 49.7 Å². The summed E-state index contributed by atoms with van der Waals surface area (Å²) in [6.07, 6.45) is -6.67. The molecule has 4 atom stereocenters. The minimum atomic E-state index is -5.34. The second-order valence-corrected chi connectivity index (χ2v) is 13.5. The van der Waals surface area contributed by atoms with Gasteiger partial charge >= 0.3 is 12.3 Å². The zero-order chi connectivity index (χ0) is 35.4. The molecule has 2 unspecified atom stereocenters. The van der Waals surface area contributed by atoms with E-state index < -0.39 is 61.0 Å². The Labute approximate surface area is 278 Å². The highest BCUT2D eigenvalue weighted by Crippen LogP contribution is 2.58. The van der Waals surface area contributed by atoms with Crippen LogP contribution in [0.4, 0.5) is 18.9 Å². The van der Waals surface area contributed by atoms with Crippen molar-refractivity contribution >= 4 is 39.1 Å². The van der Waals surface area contributed by atoms with E-state index in [9.17, 15) is 36.8 Å². The lowest BCUT2D eigenvalue weighted by Crippen LogP contribution is -2.69. The maximum Gasteiger partial charge on any atom is 0.573 e. The van der Waals surface area contributed by atoms with Gasteiger partial charge in [0.25, 0.3) is 15.9 Å². The molecule has 12 nitrogen and oxygen atoms in total. The topological polar surface area (TPSA) is 155 Å². The summed E-state index contributed by atoms with van der Waals surface area (Å²) in [4.78, 5) is 27.9. The van der Waals surface area contributed by atoms with Crippen LogP contribution in [0.15, 0.2) is 59.5 Å². The van der Waals surface area contributed by atoms with Gasteiger partial charge in [0.1, 0.15) is 29.0 Å². The van der Waals surface area contributed by atoms with Crippen LogP contribution >= 0.6 is 11.6 Å². The Hall–Kier alpha value is -4.56. The van der Waals surface area contributed by atoms with Gasteiger partial charge in [-0.3, -0.25) is 14.1 Å². The number of hydrogen-bond acceptors (Lipinski definition) is 9. The Kier molecular flexibility index (Phi) is 8.80. The smallest absolute Gasteiger partial charge is 0.497 e. The number of benzene rings is 3. The Bertz CT molecular complexity index is 1970. The lowest BCUT2D eigenvalue weighted by atomic mass is 9.78. The van der Waals surface area contributed by atoms with Crippen LogP contribution in [0.1, 0.15) is 23.1 Å². The van der Waals surface area contributed by atoms with Crippen LogP contribution in [0.2, 0.25) is 5.02 Å². The number of nitrogens with zero attached hydrogens (tertiary/aromatic N) is 3. The molecule has 2 N–H and O–H groups in total. The number of likely N-dealkylation sites (tertiary alicyclic amines) is 1. The summed E-state index contributed by atoms with van der Waals surface area (Å²) in [5.41, 5.74) is -2.70. The van der Waals surface area contributed by atoms with Crippen LogP contribution in [0.3, 0.4) is 0 Å². The van der Waals surface area contributed by atoms with E-state index in [-0.39, 0.29) is 51.9 Å². The third kappa shape index (κ3) is 5.27. The molecule has 1 saturated heterocycles. The number of ether oxygens (including phenoxy) is 3. The molecule has 0 radical (unpaired) electrons. The third-order valence-electron chi connectivity index (χ3n) is 8.76. The molecule has 2 amide bonds. The summed E-state index contributed by atoms with van der Waals surface area (Å²) in [5, 5.41) is 23.5. The van der Waals surface area contributed by atoms with Gasteiger partial charge in [0.15, 0.2) is 11.8 Å². The van der Waals surface area contributed by atoms with E-state index in [1.807, 2.05) is 6.07 Å². The number of aliphatic hydroxyl groups is 1. The Morgan fingerprint density at radius 1 is 1.10 bits per heavy atom. The number of quaternary nitrogens is 1. The van der Waals surface area contributed by atoms with E-state index in [1.54, 1.807) is 0 Å². The largest absolute Gasteiger partial charge is 0.573 e. The van der Waals surface area contributed by atoms with Crippen LogP contribution in [-0.4, -0.2) is 83.2 Å². The Morgan fingerprint density at radius 2 is 1.81 bits per heavy atom. The molecule has 48 heavy (non-hydrogen) atoms. The minimum Gasteiger partial charge on any atom is -0.497 e. The first-order chi connectivity index (χ1) is 22.5. The lowest BCUT2D eigenvalue weighted by molar-refractivity contribution is -0.953. The molecular weight excluding hydrogens is 681 g/mol. The minimum absolute atomic E-state index is 0.00876. The van der Waals surface area contributed by atoms with Gasteiger partial charge in [-0.05, 0) is 48.5 Å². The van der Waals surface area contributed by atoms with Gasteiger partial charge in [-0.2, -0.15) is 9.57 Å². The second-order valence-electron chi connectivity index (χ2n) is 11.3. The molecule has 0 aromatic heterocycles. The highest BCUT2D eigenvalue weighted by Gasteiger charge is 2.72. The van der Waals surface area contributed by atoms with Crippen molar-refractivity contribution in [2.75, 3.05) is 39.2 Å². The molecule has 254 valence electrons. The number of likely N-dealkylation sites (N-methyl/N-ethyl adjacent to an activating group) is 2. The Morgan fingerprint density at radius 3 is 2.42 bits per heavy atom. The molecule has 2 heterocycles. The zero-order valence-corrected chi connectivity index (χ0v) is 27.4. The van der Waals surface area contributed by atoms with Gasteiger partial charge in [0.2, 0.25) is 5.54 Å². The van der Waals surface area contributed by atoms with Crippen LogP contribution in [0, 0.1) is 11.3 Å². The van der Waals surface area contributed by atoms with Crippen LogP contribution in [0.5, 0.6) is 17.2 Å². The van der Waals surface area contributed by atoms with Crippen LogP contribution in [0.25, 0.3) is 0 Å². The normalized spacial score (nSPS) is 23.8. The first-order valence-electron chi connectivity index (χ1n) is 14.2. The van der Waals surface area contributed by atoms with Gasteiger partial charge in [-0.1, -0.05) is 11.6 Å². The maximum atomic E-state index is 15.4. The first kappa shape index (κ1) is 34.8. The summed E-state index contributed by atoms with van der Waals surface area (Å²) < 4.78 is 84.3. The van der Waals surface area contributed by atoms with Crippen molar-refractivity contribution in [3.8, 4) is 23.3 Å². The van der Waals surface area contributed by atoms with Crippen molar-refractivity contribution < 1.29 is 55.0 Å². The van der Waals surface area contributed by atoms with E-state index in [4.69, 9.17) is 21.1 Å². The van der Waals surface area contributed by atoms with Gasteiger partial charge in [-0.15, -0.1) is 13.2 Å². The predicted molar refractivity (Wildman–Crippen MR) is 164 cm³/mol. The number of carbonyl (C=O) groups excluding carboxylic acids is 2. The molecule has 0 bridgehead atoms. The molecule has 0 saturated carbocycles. The number of anilines is 1. The monoisotopic (exact) mass is 709 g/mol. The number of halogens is 4. The second kappa shape index (κ2) is 12.2. The fourth-order valence-corrected chi connectivity index (χ4v) is 8.57. The summed E-state index contributed by atoms with van der Waals surface area (Å²) >= 11 is 6.48. The number of carbonyl (C=O) groups is 2. The number of amides is 2. The van der Waals surface area contributed by atoms with Crippen molar-refractivity contribution in [1.82, 2.24) is 5.32 Å². The SMILES string of the molecule is CNC(=O)[C@@H]1C[C@@H](O)C[N+]1(C)C1(c2cc(C#N)ccc2OC)C(=O)N(S(=O)(=O)c2ccc(OC)cc2OC(F)(F)F)c2ccc(Cl)cc21. The number of nitriles is 1. The average Bonchev–Trinajstić information content (AvgIpc) is 3.49. The lowest BCUT2D eigenvalue weighted by Gasteiger charge is -2.48. The van der Waals surface area contributed by atoms with E-state index in [2.05, 4.69) is 10.1 Å². The first-order valence-corrected chi connectivity index (χ1v) is 16.0.